The molecule has 12 heavy (non-hydrogen) atoms. The maximum Gasteiger partial charge on any atom is 0.326 e. The molecule has 0 spiro atoms. The number of carboxylic acid groups (broad SMARTS) is 1. The van der Waals surface area contributed by atoms with Crippen molar-refractivity contribution >= 4 is 11.9 Å². The van der Waals surface area contributed by atoms with Crippen LogP contribution in [-0.2, 0) is 9.59 Å². The minimum Gasteiger partial charge on any atom is -0.480 e. The molecule has 1 saturated heterocycles. The van der Waals surface area contributed by atoms with E-state index in [9.17, 15) is 9.59 Å². The zero-order chi connectivity index (χ0) is 9.14. The normalized spacial score (nSPS) is 28.6. The molecule has 1 aliphatic heterocycles. The monoisotopic (exact) mass is 171 g/mol. The van der Waals surface area contributed by atoms with Crippen molar-refractivity contribution in [3.8, 4) is 0 Å². The average molecular weight is 171 g/mol. The summed E-state index contributed by atoms with van der Waals surface area (Å²) in [4.78, 5) is 21.5. The van der Waals surface area contributed by atoms with Crippen molar-refractivity contribution < 1.29 is 14.7 Å². The van der Waals surface area contributed by atoms with Gasteiger partial charge >= 0.3 is 5.97 Å². The lowest BCUT2D eigenvalue weighted by atomic mass is 9.96. The lowest BCUT2D eigenvalue weighted by Gasteiger charge is -2.12. The van der Waals surface area contributed by atoms with E-state index >= 15 is 0 Å². The van der Waals surface area contributed by atoms with E-state index < -0.39 is 12.0 Å². The third-order valence-electron chi connectivity index (χ3n) is 2.16. The van der Waals surface area contributed by atoms with Gasteiger partial charge in [0.25, 0.3) is 0 Å². The molecular formula is C8H13NO3. The molecule has 1 amide bonds. The predicted molar refractivity (Wildman–Crippen MR) is 42.6 cm³/mol. The maximum atomic E-state index is 10.9. The van der Waals surface area contributed by atoms with Gasteiger partial charge in [0.1, 0.15) is 6.04 Å². The van der Waals surface area contributed by atoms with E-state index in [2.05, 4.69) is 5.32 Å². The standard InChI is InChI=1S/C8H13NO3/c1-2-3-5-4-6(10)9-7(5)8(11)12/h5,7H,2-4H2,1H3,(H,9,10)(H,11,12). The van der Waals surface area contributed by atoms with E-state index in [-0.39, 0.29) is 11.8 Å². The second kappa shape index (κ2) is 3.56. The number of rotatable bonds is 3. The average Bonchev–Trinajstić information content (AvgIpc) is 2.32. The van der Waals surface area contributed by atoms with E-state index in [1.807, 2.05) is 6.92 Å². The van der Waals surface area contributed by atoms with Crippen LogP contribution in [0, 0.1) is 5.92 Å². The molecular weight excluding hydrogens is 158 g/mol. The first-order valence-corrected chi connectivity index (χ1v) is 4.17. The van der Waals surface area contributed by atoms with Crippen LogP contribution in [0.2, 0.25) is 0 Å². The zero-order valence-corrected chi connectivity index (χ0v) is 7.04. The highest BCUT2D eigenvalue weighted by molar-refractivity contribution is 5.87. The van der Waals surface area contributed by atoms with Crippen LogP contribution in [0.25, 0.3) is 0 Å². The van der Waals surface area contributed by atoms with Crippen LogP contribution in [0.1, 0.15) is 26.2 Å². The highest BCUT2D eigenvalue weighted by atomic mass is 16.4. The van der Waals surface area contributed by atoms with Crippen LogP contribution < -0.4 is 5.32 Å². The Morgan fingerprint density at radius 1 is 1.75 bits per heavy atom. The largest absolute Gasteiger partial charge is 0.480 e. The first-order chi connectivity index (χ1) is 5.65. The van der Waals surface area contributed by atoms with Crippen LogP contribution in [-0.4, -0.2) is 23.0 Å². The van der Waals surface area contributed by atoms with Crippen molar-refractivity contribution in [3.05, 3.63) is 0 Å². The third-order valence-corrected chi connectivity index (χ3v) is 2.16. The molecule has 2 atom stereocenters. The van der Waals surface area contributed by atoms with Gasteiger partial charge in [-0.05, 0) is 12.3 Å². The Morgan fingerprint density at radius 3 is 2.92 bits per heavy atom. The Bertz CT molecular complexity index is 202. The van der Waals surface area contributed by atoms with Crippen molar-refractivity contribution in [3.63, 3.8) is 0 Å². The summed E-state index contributed by atoms with van der Waals surface area (Å²) in [7, 11) is 0. The Labute approximate surface area is 71.0 Å². The molecule has 0 aromatic heterocycles. The molecule has 0 aliphatic carbocycles. The third kappa shape index (κ3) is 1.75. The van der Waals surface area contributed by atoms with Gasteiger partial charge < -0.3 is 10.4 Å². The molecule has 0 aromatic carbocycles. The number of carbonyl (C=O) groups is 2. The van der Waals surface area contributed by atoms with Crippen molar-refractivity contribution in [2.75, 3.05) is 0 Å². The molecule has 2 N–H and O–H groups in total. The van der Waals surface area contributed by atoms with Gasteiger partial charge in [0, 0.05) is 6.42 Å². The number of aliphatic carboxylic acids is 1. The molecule has 1 aliphatic rings. The van der Waals surface area contributed by atoms with Gasteiger partial charge in [0.15, 0.2) is 0 Å². The second-order valence-corrected chi connectivity index (χ2v) is 3.14. The van der Waals surface area contributed by atoms with Gasteiger partial charge in [-0.25, -0.2) is 4.79 Å². The number of hydrogen-bond donors (Lipinski definition) is 2. The van der Waals surface area contributed by atoms with Crippen molar-refractivity contribution in [2.45, 2.75) is 32.2 Å². The number of hydrogen-bond acceptors (Lipinski definition) is 2. The van der Waals surface area contributed by atoms with Crippen molar-refractivity contribution in [1.29, 1.82) is 0 Å². The van der Waals surface area contributed by atoms with Crippen molar-refractivity contribution in [2.24, 2.45) is 5.92 Å². The van der Waals surface area contributed by atoms with Gasteiger partial charge in [0.05, 0.1) is 0 Å². The molecule has 1 heterocycles. The minimum atomic E-state index is -0.917. The highest BCUT2D eigenvalue weighted by Crippen LogP contribution is 2.21. The maximum absolute atomic E-state index is 10.9. The van der Waals surface area contributed by atoms with Gasteiger partial charge in [-0.3, -0.25) is 4.79 Å². The number of carbonyl (C=O) groups excluding carboxylic acids is 1. The zero-order valence-electron chi connectivity index (χ0n) is 7.04. The number of amides is 1. The van der Waals surface area contributed by atoms with Gasteiger partial charge in [0.2, 0.25) is 5.91 Å². The van der Waals surface area contributed by atoms with Crippen LogP contribution >= 0.6 is 0 Å². The molecule has 4 nitrogen and oxygen atoms in total. The van der Waals surface area contributed by atoms with E-state index in [4.69, 9.17) is 5.11 Å². The first-order valence-electron chi connectivity index (χ1n) is 4.17. The fraction of sp³-hybridized carbons (Fsp3) is 0.750. The SMILES string of the molecule is CCCC1CC(=O)NC1C(=O)O. The summed E-state index contributed by atoms with van der Waals surface area (Å²) in [6.45, 7) is 1.99. The molecule has 0 radical (unpaired) electrons. The first kappa shape index (κ1) is 9.03. The lowest BCUT2D eigenvalue weighted by Crippen LogP contribution is -2.36. The molecule has 0 aromatic rings. The summed E-state index contributed by atoms with van der Waals surface area (Å²) in [5.41, 5.74) is 0. The van der Waals surface area contributed by atoms with Gasteiger partial charge in [-0.1, -0.05) is 13.3 Å². The summed E-state index contributed by atoms with van der Waals surface area (Å²) in [6, 6.07) is -0.655. The van der Waals surface area contributed by atoms with Crippen molar-refractivity contribution in [1.82, 2.24) is 5.32 Å². The van der Waals surface area contributed by atoms with Gasteiger partial charge in [-0.15, -0.1) is 0 Å². The van der Waals surface area contributed by atoms with E-state index in [1.165, 1.54) is 0 Å². The summed E-state index contributed by atoms with van der Waals surface area (Å²) in [5.74, 6) is -1.07. The Kier molecular flexibility index (Phi) is 2.68. The smallest absolute Gasteiger partial charge is 0.326 e. The summed E-state index contributed by atoms with van der Waals surface area (Å²) in [5, 5.41) is 11.2. The molecule has 2 unspecified atom stereocenters. The van der Waals surface area contributed by atoms with Crippen LogP contribution in [0.4, 0.5) is 0 Å². The fourth-order valence-corrected chi connectivity index (χ4v) is 1.61. The number of nitrogens with one attached hydrogen (secondary N) is 1. The van der Waals surface area contributed by atoms with Crippen LogP contribution in [0.3, 0.4) is 0 Å². The Hall–Kier alpha value is -1.06. The van der Waals surface area contributed by atoms with E-state index in [0.717, 1.165) is 12.8 Å². The Balaban J connectivity index is 2.59. The molecule has 68 valence electrons. The fourth-order valence-electron chi connectivity index (χ4n) is 1.61. The molecule has 0 bridgehead atoms. The predicted octanol–water partition coefficient (Wildman–Crippen LogP) is 0.376. The van der Waals surface area contributed by atoms with Crippen LogP contribution in [0.15, 0.2) is 0 Å². The molecule has 0 saturated carbocycles. The Morgan fingerprint density at radius 2 is 2.42 bits per heavy atom. The van der Waals surface area contributed by atoms with Crippen LogP contribution in [0.5, 0.6) is 0 Å². The molecule has 1 fully saturated rings. The lowest BCUT2D eigenvalue weighted by molar-refractivity contribution is -0.140. The second-order valence-electron chi connectivity index (χ2n) is 3.14. The molecule has 1 rings (SSSR count). The molecule has 4 heteroatoms. The number of carboxylic acids is 1. The van der Waals surface area contributed by atoms with E-state index in [1.54, 1.807) is 0 Å². The minimum absolute atomic E-state index is 0.0139. The van der Waals surface area contributed by atoms with Gasteiger partial charge in [-0.2, -0.15) is 0 Å². The summed E-state index contributed by atoms with van der Waals surface area (Å²) in [6.07, 6.45) is 2.09. The highest BCUT2D eigenvalue weighted by Gasteiger charge is 2.36. The quantitative estimate of drug-likeness (QED) is 0.645. The summed E-state index contributed by atoms with van der Waals surface area (Å²) < 4.78 is 0. The van der Waals surface area contributed by atoms with E-state index in [0.29, 0.717) is 6.42 Å². The topological polar surface area (TPSA) is 66.4 Å². The summed E-state index contributed by atoms with van der Waals surface area (Å²) >= 11 is 0.